The maximum absolute atomic E-state index is 11.8. The van der Waals surface area contributed by atoms with Crippen LogP contribution in [0.2, 0.25) is 0 Å². The number of carbonyl (C=O) groups excluding carboxylic acids is 1. The SMILES string of the molecule is CN(C)C(=O)CN1CCCN(Cc2cccc(C#N)c2)CC1. The van der Waals surface area contributed by atoms with Crippen LogP contribution in [0, 0.1) is 11.3 Å². The molecule has 0 N–H and O–H groups in total. The maximum Gasteiger partial charge on any atom is 0.236 e. The van der Waals surface area contributed by atoms with E-state index in [1.54, 1.807) is 19.0 Å². The number of amides is 1. The number of hydrogen-bond donors (Lipinski definition) is 0. The van der Waals surface area contributed by atoms with E-state index >= 15 is 0 Å². The van der Waals surface area contributed by atoms with E-state index in [1.165, 1.54) is 5.56 Å². The van der Waals surface area contributed by atoms with Gasteiger partial charge in [-0.3, -0.25) is 14.6 Å². The molecule has 0 atom stereocenters. The van der Waals surface area contributed by atoms with E-state index in [0.29, 0.717) is 12.1 Å². The van der Waals surface area contributed by atoms with Gasteiger partial charge in [0.05, 0.1) is 18.2 Å². The highest BCUT2D eigenvalue weighted by Gasteiger charge is 2.17. The van der Waals surface area contributed by atoms with Gasteiger partial charge in [0.1, 0.15) is 0 Å². The first-order valence-electron chi connectivity index (χ1n) is 7.72. The fourth-order valence-corrected chi connectivity index (χ4v) is 2.67. The summed E-state index contributed by atoms with van der Waals surface area (Å²) in [6.07, 6.45) is 1.07. The van der Waals surface area contributed by atoms with Crippen molar-refractivity contribution in [3.8, 4) is 6.07 Å². The van der Waals surface area contributed by atoms with Crippen LogP contribution in [-0.4, -0.2) is 67.4 Å². The van der Waals surface area contributed by atoms with Crippen molar-refractivity contribution in [2.45, 2.75) is 13.0 Å². The lowest BCUT2D eigenvalue weighted by Crippen LogP contribution is -2.38. The zero-order valence-corrected chi connectivity index (χ0v) is 13.5. The Labute approximate surface area is 132 Å². The highest BCUT2D eigenvalue weighted by Crippen LogP contribution is 2.11. The average molecular weight is 300 g/mol. The molecule has 0 saturated carbocycles. The molecule has 1 amide bonds. The molecule has 1 aromatic carbocycles. The molecule has 5 heteroatoms. The van der Waals surface area contributed by atoms with Gasteiger partial charge >= 0.3 is 0 Å². The molecule has 0 radical (unpaired) electrons. The molecule has 2 rings (SSSR count). The van der Waals surface area contributed by atoms with Crippen molar-refractivity contribution in [2.75, 3.05) is 46.8 Å². The van der Waals surface area contributed by atoms with Gasteiger partial charge in [0.15, 0.2) is 0 Å². The van der Waals surface area contributed by atoms with Crippen molar-refractivity contribution in [3.05, 3.63) is 35.4 Å². The molecular formula is C17H24N4O. The molecule has 0 aromatic heterocycles. The number of rotatable bonds is 4. The predicted octanol–water partition coefficient (Wildman–Crippen LogP) is 1.15. The Morgan fingerprint density at radius 2 is 1.95 bits per heavy atom. The van der Waals surface area contributed by atoms with Crippen LogP contribution in [-0.2, 0) is 11.3 Å². The van der Waals surface area contributed by atoms with E-state index in [0.717, 1.165) is 39.1 Å². The van der Waals surface area contributed by atoms with Crippen LogP contribution in [0.5, 0.6) is 0 Å². The van der Waals surface area contributed by atoms with Crippen LogP contribution in [0.15, 0.2) is 24.3 Å². The quantitative estimate of drug-likeness (QED) is 0.837. The number of nitrogens with zero attached hydrogens (tertiary/aromatic N) is 4. The maximum atomic E-state index is 11.8. The molecular weight excluding hydrogens is 276 g/mol. The Morgan fingerprint density at radius 1 is 1.23 bits per heavy atom. The standard InChI is InChI=1S/C17H24N4O/c1-19(2)17(22)14-21-8-4-7-20(9-10-21)13-16-6-3-5-15(11-16)12-18/h3,5-6,11H,4,7-10,13-14H2,1-2H3. The van der Waals surface area contributed by atoms with Gasteiger partial charge in [-0.2, -0.15) is 5.26 Å². The lowest BCUT2D eigenvalue weighted by atomic mass is 10.1. The van der Waals surface area contributed by atoms with Gasteiger partial charge in [-0.1, -0.05) is 12.1 Å². The molecule has 22 heavy (non-hydrogen) atoms. The zero-order valence-electron chi connectivity index (χ0n) is 13.5. The first-order chi connectivity index (χ1) is 10.6. The van der Waals surface area contributed by atoms with E-state index in [-0.39, 0.29) is 5.91 Å². The first kappa shape index (κ1) is 16.5. The highest BCUT2D eigenvalue weighted by atomic mass is 16.2. The van der Waals surface area contributed by atoms with Gasteiger partial charge in [0.25, 0.3) is 0 Å². The smallest absolute Gasteiger partial charge is 0.236 e. The number of likely N-dealkylation sites (N-methyl/N-ethyl adjacent to an activating group) is 1. The molecule has 5 nitrogen and oxygen atoms in total. The van der Waals surface area contributed by atoms with Gasteiger partial charge in [0, 0.05) is 33.7 Å². The van der Waals surface area contributed by atoms with Gasteiger partial charge in [-0.15, -0.1) is 0 Å². The van der Waals surface area contributed by atoms with Crippen LogP contribution in [0.1, 0.15) is 17.5 Å². The predicted molar refractivity (Wildman–Crippen MR) is 86.2 cm³/mol. The summed E-state index contributed by atoms with van der Waals surface area (Å²) in [7, 11) is 3.60. The summed E-state index contributed by atoms with van der Waals surface area (Å²) in [5, 5.41) is 8.97. The molecule has 1 saturated heterocycles. The molecule has 118 valence electrons. The van der Waals surface area contributed by atoms with Crippen molar-refractivity contribution >= 4 is 5.91 Å². The van der Waals surface area contributed by atoms with Crippen LogP contribution in [0.25, 0.3) is 0 Å². The average Bonchev–Trinajstić information content (AvgIpc) is 2.73. The van der Waals surface area contributed by atoms with Crippen LogP contribution >= 0.6 is 0 Å². The third-order valence-corrected chi connectivity index (χ3v) is 4.00. The number of nitriles is 1. The minimum absolute atomic E-state index is 0.162. The molecule has 1 aliphatic heterocycles. The Morgan fingerprint density at radius 3 is 2.68 bits per heavy atom. The second kappa shape index (κ2) is 7.92. The van der Waals surface area contributed by atoms with Crippen molar-refractivity contribution < 1.29 is 4.79 Å². The summed E-state index contributed by atoms with van der Waals surface area (Å²) in [6.45, 7) is 5.24. The second-order valence-corrected chi connectivity index (χ2v) is 6.01. The van der Waals surface area contributed by atoms with E-state index in [1.807, 2.05) is 18.2 Å². The molecule has 1 fully saturated rings. The van der Waals surface area contributed by atoms with E-state index in [4.69, 9.17) is 5.26 Å². The van der Waals surface area contributed by atoms with Gasteiger partial charge < -0.3 is 4.90 Å². The summed E-state index contributed by atoms with van der Waals surface area (Å²) < 4.78 is 0. The Balaban J connectivity index is 1.87. The van der Waals surface area contributed by atoms with Crippen molar-refractivity contribution in [1.82, 2.24) is 14.7 Å². The number of carbonyl (C=O) groups is 1. The van der Waals surface area contributed by atoms with Crippen molar-refractivity contribution in [3.63, 3.8) is 0 Å². The Hall–Kier alpha value is -1.90. The summed E-state index contributed by atoms with van der Waals surface area (Å²) in [5.41, 5.74) is 1.89. The summed E-state index contributed by atoms with van der Waals surface area (Å²) >= 11 is 0. The number of benzene rings is 1. The van der Waals surface area contributed by atoms with E-state index in [2.05, 4.69) is 21.9 Å². The highest BCUT2D eigenvalue weighted by molar-refractivity contribution is 5.77. The topological polar surface area (TPSA) is 50.6 Å². The normalized spacial score (nSPS) is 16.8. The third-order valence-electron chi connectivity index (χ3n) is 4.00. The summed E-state index contributed by atoms with van der Waals surface area (Å²) in [6, 6.07) is 9.98. The van der Waals surface area contributed by atoms with Crippen LogP contribution in [0.3, 0.4) is 0 Å². The first-order valence-corrected chi connectivity index (χ1v) is 7.72. The molecule has 1 aromatic rings. The lowest BCUT2D eigenvalue weighted by Gasteiger charge is -2.22. The molecule has 0 aliphatic carbocycles. The fraction of sp³-hybridized carbons (Fsp3) is 0.529. The molecule has 0 unspecified atom stereocenters. The molecule has 0 spiro atoms. The molecule has 0 bridgehead atoms. The van der Waals surface area contributed by atoms with E-state index in [9.17, 15) is 4.79 Å². The third kappa shape index (κ3) is 4.83. The van der Waals surface area contributed by atoms with E-state index < -0.39 is 0 Å². The van der Waals surface area contributed by atoms with Crippen molar-refractivity contribution in [1.29, 1.82) is 5.26 Å². The number of hydrogen-bond acceptors (Lipinski definition) is 4. The van der Waals surface area contributed by atoms with Gasteiger partial charge in [0.2, 0.25) is 5.91 Å². The largest absolute Gasteiger partial charge is 0.348 e. The van der Waals surface area contributed by atoms with Gasteiger partial charge in [-0.05, 0) is 37.2 Å². The summed E-state index contributed by atoms with van der Waals surface area (Å²) in [5.74, 6) is 0.162. The fourth-order valence-electron chi connectivity index (χ4n) is 2.67. The molecule has 1 aliphatic rings. The Kier molecular flexibility index (Phi) is 5.93. The summed E-state index contributed by atoms with van der Waals surface area (Å²) in [4.78, 5) is 18.1. The van der Waals surface area contributed by atoms with Gasteiger partial charge in [-0.25, -0.2) is 0 Å². The van der Waals surface area contributed by atoms with Crippen molar-refractivity contribution in [2.24, 2.45) is 0 Å². The minimum atomic E-state index is 0.162. The lowest BCUT2D eigenvalue weighted by molar-refractivity contribution is -0.129. The monoisotopic (exact) mass is 300 g/mol. The second-order valence-electron chi connectivity index (χ2n) is 6.01. The minimum Gasteiger partial charge on any atom is -0.348 e. The Bertz CT molecular complexity index is 550. The zero-order chi connectivity index (χ0) is 15.9. The van der Waals surface area contributed by atoms with Crippen LogP contribution in [0.4, 0.5) is 0 Å². The molecule has 1 heterocycles. The van der Waals surface area contributed by atoms with Crippen LogP contribution < -0.4 is 0 Å².